The van der Waals surface area contributed by atoms with Crippen molar-refractivity contribution in [3.8, 4) is 5.75 Å². The first kappa shape index (κ1) is 16.9. The van der Waals surface area contributed by atoms with Gasteiger partial charge >= 0.3 is 61.8 Å². The Morgan fingerprint density at radius 3 is 1.57 bits per heavy atom. The molecule has 0 bridgehead atoms. The van der Waals surface area contributed by atoms with E-state index in [4.69, 9.17) is 22.6 Å². The van der Waals surface area contributed by atoms with Crippen molar-refractivity contribution >= 4 is 61.8 Å². The fraction of sp³-hybridized carbons (Fsp3) is 0.143. The molecule has 3 N–H and O–H groups in total. The molecule has 0 saturated heterocycles. The molecule has 14 heavy (non-hydrogen) atoms. The van der Waals surface area contributed by atoms with Crippen molar-refractivity contribution in [3.05, 3.63) is 29.8 Å². The normalized spacial score (nSPS) is 9.36. The van der Waals surface area contributed by atoms with E-state index >= 15 is 0 Å². The fourth-order valence-corrected chi connectivity index (χ4v) is 0.545. The zero-order valence-corrected chi connectivity index (χ0v) is 7.69. The monoisotopic (exact) mass is 246 g/mol. The molecule has 76 valence electrons. The van der Waals surface area contributed by atoms with Crippen LogP contribution in [0.15, 0.2) is 24.3 Å². The molecule has 0 spiro atoms. The second-order valence-electron chi connectivity index (χ2n) is 2.28. The van der Waals surface area contributed by atoms with Crippen molar-refractivity contribution in [1.82, 2.24) is 0 Å². The summed E-state index contributed by atoms with van der Waals surface area (Å²) in [6.07, 6.45) is 0. The van der Waals surface area contributed by atoms with Crippen molar-refractivity contribution in [2.75, 3.05) is 0 Å². The van der Waals surface area contributed by atoms with Crippen LogP contribution in [0, 0.1) is 6.92 Å². The van der Waals surface area contributed by atoms with Gasteiger partial charge in [-0.1, -0.05) is 17.7 Å². The number of aryl methyl sites for hydroxylation is 1. The summed E-state index contributed by atoms with van der Waals surface area (Å²) >= 11 is 0. The van der Waals surface area contributed by atoms with E-state index in [1.807, 2.05) is 19.1 Å². The molecule has 0 aliphatic carbocycles. The Labute approximate surface area is 125 Å². The molecule has 0 saturated carbocycles. The van der Waals surface area contributed by atoms with Crippen molar-refractivity contribution in [2.45, 2.75) is 6.92 Å². The second-order valence-corrected chi connectivity index (χ2v) is 3.18. The summed E-state index contributed by atoms with van der Waals surface area (Å²) in [5.74, 6) is 0.329. The SMILES string of the molecule is Cc1ccc(O)cc1.O=S(=O)(O)O.[KH]. The molecule has 0 fully saturated rings. The summed E-state index contributed by atoms with van der Waals surface area (Å²) in [6.45, 7) is 1.99. The Kier molecular flexibility index (Phi) is 9.40. The minimum absolute atomic E-state index is 0. The summed E-state index contributed by atoms with van der Waals surface area (Å²) in [4.78, 5) is 0. The maximum absolute atomic E-state index is 8.76. The first-order valence-corrected chi connectivity index (χ1v) is 4.64. The van der Waals surface area contributed by atoms with Gasteiger partial charge in [-0.05, 0) is 19.1 Å². The third-order valence-electron chi connectivity index (χ3n) is 1.03. The van der Waals surface area contributed by atoms with E-state index in [-0.39, 0.29) is 51.4 Å². The average molecular weight is 246 g/mol. The Bertz CT molecular complexity index is 316. The summed E-state index contributed by atoms with van der Waals surface area (Å²) in [5, 5.41) is 8.76. The van der Waals surface area contributed by atoms with E-state index in [9.17, 15) is 0 Å². The first-order valence-electron chi connectivity index (χ1n) is 3.24. The van der Waals surface area contributed by atoms with Crippen LogP contribution in [0.25, 0.3) is 0 Å². The van der Waals surface area contributed by atoms with E-state index in [2.05, 4.69) is 0 Å². The summed E-state index contributed by atoms with van der Waals surface area (Å²) in [5.41, 5.74) is 1.17. The molecule has 0 heterocycles. The predicted octanol–water partition coefficient (Wildman–Crippen LogP) is 0.399. The van der Waals surface area contributed by atoms with Gasteiger partial charge < -0.3 is 5.11 Å². The van der Waals surface area contributed by atoms with Crippen molar-refractivity contribution in [1.29, 1.82) is 0 Å². The molecule has 0 amide bonds. The van der Waals surface area contributed by atoms with Gasteiger partial charge in [-0.15, -0.1) is 0 Å². The molecule has 1 aromatic carbocycles. The molecule has 0 aliphatic rings. The minimum atomic E-state index is -4.67. The van der Waals surface area contributed by atoms with Gasteiger partial charge in [-0.2, -0.15) is 8.42 Å². The van der Waals surface area contributed by atoms with Gasteiger partial charge in [0.1, 0.15) is 5.75 Å². The molecule has 0 atom stereocenters. The van der Waals surface area contributed by atoms with Gasteiger partial charge in [-0.25, -0.2) is 0 Å². The number of rotatable bonds is 0. The average Bonchev–Trinajstić information content (AvgIpc) is 1.92. The molecule has 0 unspecified atom stereocenters. The molecular weight excluding hydrogens is 235 g/mol. The zero-order valence-electron chi connectivity index (χ0n) is 6.88. The predicted molar refractivity (Wildman–Crippen MR) is 54.2 cm³/mol. The van der Waals surface area contributed by atoms with Crippen LogP contribution >= 0.6 is 0 Å². The number of hydrogen-bond acceptors (Lipinski definition) is 3. The number of benzene rings is 1. The number of phenolic OH excluding ortho intramolecular Hbond substituents is 1. The van der Waals surface area contributed by atoms with Crippen LogP contribution in [0.2, 0.25) is 0 Å². The number of phenols is 1. The van der Waals surface area contributed by atoms with Crippen LogP contribution < -0.4 is 0 Å². The van der Waals surface area contributed by atoms with Gasteiger partial charge in [-0.3, -0.25) is 9.11 Å². The third-order valence-corrected chi connectivity index (χ3v) is 1.03. The Hall–Kier alpha value is 0.526. The van der Waals surface area contributed by atoms with Crippen molar-refractivity contribution < 1.29 is 22.6 Å². The van der Waals surface area contributed by atoms with Gasteiger partial charge in [0.2, 0.25) is 0 Å². The zero-order chi connectivity index (χ0) is 10.5. The quantitative estimate of drug-likeness (QED) is 0.455. The van der Waals surface area contributed by atoms with Crippen LogP contribution in [-0.2, 0) is 10.4 Å². The van der Waals surface area contributed by atoms with E-state index < -0.39 is 10.4 Å². The standard InChI is InChI=1S/C7H8O.K.H2O4S.H/c1-6-2-4-7(8)5-3-6;;1-5(2,3)4;/h2-5,8H,1H3;;(H2,1,2,3,4);. The van der Waals surface area contributed by atoms with Gasteiger partial charge in [0.15, 0.2) is 0 Å². The van der Waals surface area contributed by atoms with E-state index in [0.29, 0.717) is 5.75 Å². The maximum atomic E-state index is 8.76. The fourth-order valence-electron chi connectivity index (χ4n) is 0.545. The van der Waals surface area contributed by atoms with E-state index in [0.717, 1.165) is 0 Å². The van der Waals surface area contributed by atoms with Crippen LogP contribution in [0.1, 0.15) is 5.56 Å². The molecule has 0 aliphatic heterocycles. The molecule has 0 aromatic heterocycles. The van der Waals surface area contributed by atoms with Crippen LogP contribution in [0.5, 0.6) is 5.75 Å². The number of aromatic hydroxyl groups is 1. The van der Waals surface area contributed by atoms with Crippen LogP contribution in [0.3, 0.4) is 0 Å². The Morgan fingerprint density at radius 1 is 1.07 bits per heavy atom. The molecule has 1 rings (SSSR count). The topological polar surface area (TPSA) is 94.8 Å². The number of hydrogen-bond donors (Lipinski definition) is 3. The van der Waals surface area contributed by atoms with Crippen LogP contribution in [-0.4, -0.2) is 74.0 Å². The van der Waals surface area contributed by atoms with Gasteiger partial charge in [0.05, 0.1) is 0 Å². The Morgan fingerprint density at radius 2 is 1.36 bits per heavy atom. The van der Waals surface area contributed by atoms with E-state index in [1.54, 1.807) is 12.1 Å². The third kappa shape index (κ3) is 15.0. The molecule has 1 aromatic rings. The molecule has 5 nitrogen and oxygen atoms in total. The van der Waals surface area contributed by atoms with Gasteiger partial charge in [0.25, 0.3) is 0 Å². The first-order chi connectivity index (χ1) is 5.79. The van der Waals surface area contributed by atoms with Crippen molar-refractivity contribution in [2.24, 2.45) is 0 Å². The summed E-state index contributed by atoms with van der Waals surface area (Å²) < 4.78 is 31.6. The van der Waals surface area contributed by atoms with E-state index in [1.165, 1.54) is 5.56 Å². The molecular formula is C7H11KO5S. The van der Waals surface area contributed by atoms with Gasteiger partial charge in [0, 0.05) is 0 Å². The molecule has 7 heteroatoms. The van der Waals surface area contributed by atoms with Crippen molar-refractivity contribution in [3.63, 3.8) is 0 Å². The Balaban J connectivity index is 0. The van der Waals surface area contributed by atoms with Crippen LogP contribution in [0.4, 0.5) is 0 Å². The molecule has 0 radical (unpaired) electrons. The summed E-state index contributed by atoms with van der Waals surface area (Å²) in [6, 6.07) is 7.09. The summed E-state index contributed by atoms with van der Waals surface area (Å²) in [7, 11) is -4.67. The second kappa shape index (κ2) is 7.77.